The van der Waals surface area contributed by atoms with Crippen molar-refractivity contribution < 1.29 is 0 Å². The Morgan fingerprint density at radius 2 is 1.90 bits per heavy atom. The minimum absolute atomic E-state index is 0.418. The molecule has 0 radical (unpaired) electrons. The molecule has 112 valence electrons. The minimum atomic E-state index is 0.418. The standard InChI is InChI=1S/C18H30N2/c1-14(2)18(20-12-8-9-15(3)13-20)17(19-4)16-10-6-5-7-11-16/h5-7,10-11,14-15,17-19H,8-9,12-13H2,1-4H3. The van der Waals surface area contributed by atoms with Crippen LogP contribution in [0.5, 0.6) is 0 Å². The van der Waals surface area contributed by atoms with Crippen molar-refractivity contribution in [3.05, 3.63) is 35.9 Å². The van der Waals surface area contributed by atoms with Gasteiger partial charge in [-0.1, -0.05) is 51.1 Å². The lowest BCUT2D eigenvalue weighted by Gasteiger charge is -2.43. The quantitative estimate of drug-likeness (QED) is 0.880. The van der Waals surface area contributed by atoms with Crippen LogP contribution in [0, 0.1) is 11.8 Å². The van der Waals surface area contributed by atoms with Crippen LogP contribution in [0.15, 0.2) is 30.3 Å². The first-order valence-corrected chi connectivity index (χ1v) is 8.09. The molecule has 0 bridgehead atoms. The van der Waals surface area contributed by atoms with Gasteiger partial charge in [0, 0.05) is 18.6 Å². The molecule has 1 aromatic rings. The second-order valence-corrected chi connectivity index (χ2v) is 6.65. The lowest BCUT2D eigenvalue weighted by Crippen LogP contribution is -2.50. The van der Waals surface area contributed by atoms with E-state index in [1.807, 2.05) is 0 Å². The van der Waals surface area contributed by atoms with Crippen molar-refractivity contribution in [2.24, 2.45) is 11.8 Å². The Balaban J connectivity index is 2.21. The fraction of sp³-hybridized carbons (Fsp3) is 0.667. The number of hydrogen-bond acceptors (Lipinski definition) is 2. The van der Waals surface area contributed by atoms with E-state index >= 15 is 0 Å². The van der Waals surface area contributed by atoms with Crippen molar-refractivity contribution in [1.82, 2.24) is 10.2 Å². The molecule has 1 heterocycles. The third-order valence-corrected chi connectivity index (χ3v) is 4.60. The fourth-order valence-electron chi connectivity index (χ4n) is 3.71. The summed E-state index contributed by atoms with van der Waals surface area (Å²) in [6.45, 7) is 9.60. The first kappa shape index (κ1) is 15.5. The highest BCUT2D eigenvalue weighted by atomic mass is 15.2. The largest absolute Gasteiger partial charge is 0.312 e. The van der Waals surface area contributed by atoms with Gasteiger partial charge < -0.3 is 5.32 Å². The lowest BCUT2D eigenvalue weighted by molar-refractivity contribution is 0.0762. The molecule has 2 nitrogen and oxygen atoms in total. The molecule has 0 saturated carbocycles. The van der Waals surface area contributed by atoms with Crippen molar-refractivity contribution in [2.75, 3.05) is 20.1 Å². The molecule has 2 rings (SSSR count). The van der Waals surface area contributed by atoms with Crippen molar-refractivity contribution in [1.29, 1.82) is 0 Å². The van der Waals surface area contributed by atoms with Crippen LogP contribution in [0.1, 0.15) is 45.2 Å². The third-order valence-electron chi connectivity index (χ3n) is 4.60. The van der Waals surface area contributed by atoms with Crippen molar-refractivity contribution in [2.45, 2.75) is 45.7 Å². The summed E-state index contributed by atoms with van der Waals surface area (Å²) in [5, 5.41) is 3.57. The van der Waals surface area contributed by atoms with Gasteiger partial charge >= 0.3 is 0 Å². The van der Waals surface area contributed by atoms with Crippen molar-refractivity contribution in [3.8, 4) is 0 Å². The monoisotopic (exact) mass is 274 g/mol. The van der Waals surface area contributed by atoms with Gasteiger partial charge in [-0.05, 0) is 43.8 Å². The van der Waals surface area contributed by atoms with Crippen LogP contribution in [0.4, 0.5) is 0 Å². The van der Waals surface area contributed by atoms with Crippen LogP contribution in [0.2, 0.25) is 0 Å². The van der Waals surface area contributed by atoms with Crippen LogP contribution in [0.3, 0.4) is 0 Å². The average molecular weight is 274 g/mol. The van der Waals surface area contributed by atoms with Crippen molar-refractivity contribution in [3.63, 3.8) is 0 Å². The summed E-state index contributed by atoms with van der Waals surface area (Å²) < 4.78 is 0. The molecule has 0 aromatic heterocycles. The van der Waals surface area contributed by atoms with Gasteiger partial charge in [0.05, 0.1) is 0 Å². The summed E-state index contributed by atoms with van der Waals surface area (Å²) in [5.41, 5.74) is 1.41. The number of rotatable bonds is 5. The maximum absolute atomic E-state index is 3.57. The van der Waals surface area contributed by atoms with E-state index in [4.69, 9.17) is 0 Å². The molecule has 1 aliphatic heterocycles. The number of benzene rings is 1. The summed E-state index contributed by atoms with van der Waals surface area (Å²) >= 11 is 0. The summed E-state index contributed by atoms with van der Waals surface area (Å²) in [4.78, 5) is 2.72. The van der Waals surface area contributed by atoms with Crippen LogP contribution in [-0.2, 0) is 0 Å². The Labute approximate surface area is 124 Å². The highest BCUT2D eigenvalue weighted by Crippen LogP contribution is 2.30. The Hall–Kier alpha value is -0.860. The maximum atomic E-state index is 3.57. The van der Waals surface area contributed by atoms with Gasteiger partial charge in [-0.15, -0.1) is 0 Å². The molecule has 3 atom stereocenters. The van der Waals surface area contributed by atoms with E-state index in [1.54, 1.807) is 0 Å². The summed E-state index contributed by atoms with van der Waals surface area (Å²) in [6.07, 6.45) is 2.73. The zero-order valence-electron chi connectivity index (χ0n) is 13.5. The number of likely N-dealkylation sites (tertiary alicyclic amines) is 1. The van der Waals surface area contributed by atoms with E-state index in [1.165, 1.54) is 31.5 Å². The molecule has 1 aliphatic rings. The van der Waals surface area contributed by atoms with E-state index in [-0.39, 0.29) is 0 Å². The van der Waals surface area contributed by atoms with E-state index < -0.39 is 0 Å². The highest BCUT2D eigenvalue weighted by Gasteiger charge is 2.32. The molecule has 0 amide bonds. The Bertz CT molecular complexity index is 388. The number of piperidine rings is 1. The molecule has 20 heavy (non-hydrogen) atoms. The zero-order valence-corrected chi connectivity index (χ0v) is 13.5. The van der Waals surface area contributed by atoms with Crippen LogP contribution in [-0.4, -0.2) is 31.1 Å². The van der Waals surface area contributed by atoms with Crippen LogP contribution in [0.25, 0.3) is 0 Å². The second kappa shape index (κ2) is 7.24. The Morgan fingerprint density at radius 1 is 1.20 bits per heavy atom. The predicted molar refractivity (Wildman–Crippen MR) is 86.8 cm³/mol. The van der Waals surface area contributed by atoms with Gasteiger partial charge in [-0.3, -0.25) is 4.90 Å². The average Bonchev–Trinajstić information content (AvgIpc) is 2.45. The number of nitrogens with zero attached hydrogens (tertiary/aromatic N) is 1. The summed E-state index contributed by atoms with van der Waals surface area (Å²) in [5.74, 6) is 1.48. The Morgan fingerprint density at radius 3 is 2.45 bits per heavy atom. The summed E-state index contributed by atoms with van der Waals surface area (Å²) in [7, 11) is 2.10. The molecule has 0 aliphatic carbocycles. The molecular formula is C18H30N2. The number of likely N-dealkylation sites (N-methyl/N-ethyl adjacent to an activating group) is 1. The minimum Gasteiger partial charge on any atom is -0.312 e. The molecule has 3 unspecified atom stereocenters. The topological polar surface area (TPSA) is 15.3 Å². The SMILES string of the molecule is CNC(c1ccccc1)C(C(C)C)N1CCCC(C)C1. The summed E-state index contributed by atoms with van der Waals surface area (Å²) in [6, 6.07) is 11.9. The van der Waals surface area contributed by atoms with Crippen LogP contribution >= 0.6 is 0 Å². The van der Waals surface area contributed by atoms with E-state index in [0.717, 1.165) is 5.92 Å². The van der Waals surface area contributed by atoms with E-state index in [2.05, 4.69) is 68.4 Å². The van der Waals surface area contributed by atoms with Crippen LogP contribution < -0.4 is 5.32 Å². The van der Waals surface area contributed by atoms with Gasteiger partial charge in [0.1, 0.15) is 0 Å². The Kier molecular flexibility index (Phi) is 5.62. The van der Waals surface area contributed by atoms with E-state index in [0.29, 0.717) is 18.0 Å². The second-order valence-electron chi connectivity index (χ2n) is 6.65. The van der Waals surface area contributed by atoms with Gasteiger partial charge in [-0.2, -0.15) is 0 Å². The first-order chi connectivity index (χ1) is 9.63. The molecular weight excluding hydrogens is 244 g/mol. The lowest BCUT2D eigenvalue weighted by atomic mass is 9.87. The van der Waals surface area contributed by atoms with Gasteiger partial charge in [-0.25, -0.2) is 0 Å². The first-order valence-electron chi connectivity index (χ1n) is 8.09. The maximum Gasteiger partial charge on any atom is 0.0478 e. The van der Waals surface area contributed by atoms with Gasteiger partial charge in [0.25, 0.3) is 0 Å². The van der Waals surface area contributed by atoms with E-state index in [9.17, 15) is 0 Å². The molecule has 1 saturated heterocycles. The molecule has 1 fully saturated rings. The smallest absolute Gasteiger partial charge is 0.0478 e. The molecule has 1 aromatic carbocycles. The fourth-order valence-corrected chi connectivity index (χ4v) is 3.71. The van der Waals surface area contributed by atoms with Gasteiger partial charge in [0.15, 0.2) is 0 Å². The predicted octanol–water partition coefficient (Wildman–Crippen LogP) is 3.70. The number of nitrogens with one attached hydrogen (secondary N) is 1. The molecule has 0 spiro atoms. The number of hydrogen-bond donors (Lipinski definition) is 1. The van der Waals surface area contributed by atoms with Gasteiger partial charge in [0.2, 0.25) is 0 Å². The van der Waals surface area contributed by atoms with Crippen molar-refractivity contribution >= 4 is 0 Å². The third kappa shape index (κ3) is 3.62. The molecule has 1 N–H and O–H groups in total. The molecule has 2 heteroatoms. The zero-order chi connectivity index (χ0) is 14.5. The highest BCUT2D eigenvalue weighted by molar-refractivity contribution is 5.21. The normalized spacial score (nSPS) is 23.8.